The summed E-state index contributed by atoms with van der Waals surface area (Å²) in [6, 6.07) is 8.13. The van der Waals surface area contributed by atoms with Crippen LogP contribution in [0.2, 0.25) is 0 Å². The lowest BCUT2D eigenvalue weighted by molar-refractivity contribution is -0.121. The van der Waals surface area contributed by atoms with Gasteiger partial charge in [-0.25, -0.2) is 0 Å². The predicted octanol–water partition coefficient (Wildman–Crippen LogP) is 1.10. The zero-order chi connectivity index (χ0) is 10.2. The maximum absolute atomic E-state index is 11.1. The molecule has 0 fully saturated rings. The molecule has 3 nitrogen and oxygen atoms in total. The first kappa shape index (κ1) is 9.21. The zero-order valence-electron chi connectivity index (χ0n) is 8.42. The molecule has 0 saturated carbocycles. The van der Waals surface area contributed by atoms with Gasteiger partial charge in [-0.15, -0.1) is 0 Å². The highest BCUT2D eigenvalue weighted by atomic mass is 16.1. The number of fused-ring (bicyclic) bond motifs is 1. The van der Waals surface area contributed by atoms with Crippen molar-refractivity contribution >= 4 is 5.91 Å². The van der Waals surface area contributed by atoms with Gasteiger partial charge in [-0.05, 0) is 18.1 Å². The molecular formula is C11H14N2O. The summed E-state index contributed by atoms with van der Waals surface area (Å²) in [4.78, 5) is 11.1. The van der Waals surface area contributed by atoms with Crippen molar-refractivity contribution < 1.29 is 4.79 Å². The fourth-order valence-electron chi connectivity index (χ4n) is 1.99. The summed E-state index contributed by atoms with van der Waals surface area (Å²) in [5.74, 6) is -0.0169. The predicted molar refractivity (Wildman–Crippen MR) is 54.5 cm³/mol. The number of hydrogen-bond acceptors (Lipinski definition) is 2. The van der Waals surface area contributed by atoms with Crippen LogP contribution in [0.1, 0.15) is 25.0 Å². The molecule has 0 bridgehead atoms. The minimum Gasteiger partial charge on any atom is -0.335 e. The number of nitrogens with one attached hydrogen (secondary N) is 2. The Morgan fingerprint density at radius 3 is 2.93 bits per heavy atom. The summed E-state index contributed by atoms with van der Waals surface area (Å²) >= 11 is 0. The van der Waals surface area contributed by atoms with Crippen LogP contribution in [-0.2, 0) is 17.0 Å². The molecule has 1 atom stereocenters. The molecule has 1 aliphatic heterocycles. The summed E-state index contributed by atoms with van der Waals surface area (Å²) in [5.41, 5.74) is 2.02. The summed E-state index contributed by atoms with van der Waals surface area (Å²) in [6.45, 7) is 4.33. The number of carbonyl (C=O) groups excluding carboxylic acids is 1. The molecule has 0 aromatic heterocycles. The van der Waals surface area contributed by atoms with Crippen LogP contribution in [0.15, 0.2) is 24.3 Å². The number of benzene rings is 1. The van der Waals surface area contributed by atoms with Gasteiger partial charge in [-0.2, -0.15) is 0 Å². The Kier molecular flexibility index (Phi) is 2.04. The molecule has 1 amide bonds. The monoisotopic (exact) mass is 190 g/mol. The fraction of sp³-hybridized carbons (Fsp3) is 0.364. The molecule has 2 rings (SSSR count). The minimum atomic E-state index is -0.400. The van der Waals surface area contributed by atoms with E-state index in [-0.39, 0.29) is 5.91 Å². The fourth-order valence-corrected chi connectivity index (χ4v) is 1.99. The molecule has 1 aromatic rings. The minimum absolute atomic E-state index is 0.0169. The quantitative estimate of drug-likeness (QED) is 0.696. The van der Waals surface area contributed by atoms with E-state index in [1.165, 1.54) is 12.5 Å². The van der Waals surface area contributed by atoms with Crippen molar-refractivity contribution in [2.45, 2.75) is 26.1 Å². The van der Waals surface area contributed by atoms with Crippen LogP contribution in [0.3, 0.4) is 0 Å². The standard InChI is InChI=1S/C11H14N2O/c1-8(14)13-11(2)10-6-4-3-5-9(10)7-12-11/h3-6,12H,7H2,1-2H3,(H,13,14). The van der Waals surface area contributed by atoms with E-state index in [0.29, 0.717) is 0 Å². The van der Waals surface area contributed by atoms with E-state index in [0.717, 1.165) is 12.1 Å². The van der Waals surface area contributed by atoms with Gasteiger partial charge in [0.05, 0.1) is 0 Å². The van der Waals surface area contributed by atoms with Gasteiger partial charge in [0.2, 0.25) is 5.91 Å². The van der Waals surface area contributed by atoms with E-state index in [9.17, 15) is 4.79 Å². The maximum Gasteiger partial charge on any atom is 0.218 e. The first-order chi connectivity index (χ1) is 6.62. The van der Waals surface area contributed by atoms with Gasteiger partial charge in [0, 0.05) is 13.5 Å². The Morgan fingerprint density at radius 1 is 1.50 bits per heavy atom. The highest BCUT2D eigenvalue weighted by Gasteiger charge is 2.33. The van der Waals surface area contributed by atoms with E-state index in [4.69, 9.17) is 0 Å². The van der Waals surface area contributed by atoms with Gasteiger partial charge < -0.3 is 5.32 Å². The third kappa shape index (κ3) is 1.40. The lowest BCUT2D eigenvalue weighted by atomic mass is 10.0. The summed E-state index contributed by atoms with van der Waals surface area (Å²) in [7, 11) is 0. The first-order valence-electron chi connectivity index (χ1n) is 4.74. The highest BCUT2D eigenvalue weighted by Crippen LogP contribution is 2.27. The van der Waals surface area contributed by atoms with E-state index >= 15 is 0 Å². The molecule has 1 unspecified atom stereocenters. The molecule has 0 aliphatic carbocycles. The van der Waals surface area contributed by atoms with Crippen molar-refractivity contribution in [1.82, 2.24) is 10.6 Å². The third-order valence-electron chi connectivity index (χ3n) is 2.61. The summed E-state index contributed by atoms with van der Waals surface area (Å²) in [5, 5.41) is 6.22. The SMILES string of the molecule is CC(=O)NC1(C)NCc2ccccc21. The number of carbonyl (C=O) groups is 1. The van der Waals surface area contributed by atoms with Crippen LogP contribution in [0, 0.1) is 0 Å². The van der Waals surface area contributed by atoms with Gasteiger partial charge in [-0.3, -0.25) is 10.1 Å². The molecule has 3 heteroatoms. The second kappa shape index (κ2) is 3.10. The molecule has 2 N–H and O–H groups in total. The maximum atomic E-state index is 11.1. The molecule has 1 heterocycles. The average Bonchev–Trinajstić information content (AvgIpc) is 2.44. The Bertz CT molecular complexity index is 375. The normalized spacial score (nSPS) is 24.4. The topological polar surface area (TPSA) is 41.1 Å². The second-order valence-electron chi connectivity index (χ2n) is 3.82. The Morgan fingerprint density at radius 2 is 2.21 bits per heavy atom. The molecule has 0 saturated heterocycles. The molecule has 74 valence electrons. The van der Waals surface area contributed by atoms with E-state index in [1.807, 2.05) is 25.1 Å². The molecule has 1 aliphatic rings. The van der Waals surface area contributed by atoms with Gasteiger partial charge >= 0.3 is 0 Å². The summed E-state index contributed by atoms with van der Waals surface area (Å²) in [6.07, 6.45) is 0. The molecule has 14 heavy (non-hydrogen) atoms. The van der Waals surface area contributed by atoms with E-state index < -0.39 is 5.66 Å². The Labute approximate surface area is 83.5 Å². The molecular weight excluding hydrogens is 176 g/mol. The van der Waals surface area contributed by atoms with Crippen LogP contribution < -0.4 is 10.6 Å². The van der Waals surface area contributed by atoms with Crippen molar-refractivity contribution in [3.05, 3.63) is 35.4 Å². The van der Waals surface area contributed by atoms with Crippen molar-refractivity contribution in [2.75, 3.05) is 0 Å². The van der Waals surface area contributed by atoms with Crippen LogP contribution in [0.4, 0.5) is 0 Å². The van der Waals surface area contributed by atoms with Crippen LogP contribution >= 0.6 is 0 Å². The van der Waals surface area contributed by atoms with Crippen molar-refractivity contribution in [3.63, 3.8) is 0 Å². The average molecular weight is 190 g/mol. The van der Waals surface area contributed by atoms with Gasteiger partial charge in [0.25, 0.3) is 0 Å². The molecule has 0 radical (unpaired) electrons. The lowest BCUT2D eigenvalue weighted by Gasteiger charge is -2.26. The van der Waals surface area contributed by atoms with E-state index in [2.05, 4.69) is 16.7 Å². The van der Waals surface area contributed by atoms with Crippen molar-refractivity contribution in [1.29, 1.82) is 0 Å². The Hall–Kier alpha value is -1.35. The van der Waals surface area contributed by atoms with Crippen LogP contribution in [0.25, 0.3) is 0 Å². The van der Waals surface area contributed by atoms with Crippen molar-refractivity contribution in [3.8, 4) is 0 Å². The number of hydrogen-bond donors (Lipinski definition) is 2. The third-order valence-corrected chi connectivity index (χ3v) is 2.61. The number of amides is 1. The van der Waals surface area contributed by atoms with Gasteiger partial charge in [0.1, 0.15) is 5.66 Å². The zero-order valence-corrected chi connectivity index (χ0v) is 8.42. The summed E-state index contributed by atoms with van der Waals surface area (Å²) < 4.78 is 0. The number of rotatable bonds is 1. The smallest absolute Gasteiger partial charge is 0.218 e. The molecule has 0 spiro atoms. The first-order valence-corrected chi connectivity index (χ1v) is 4.74. The molecule has 1 aromatic carbocycles. The Balaban J connectivity index is 2.37. The highest BCUT2D eigenvalue weighted by molar-refractivity contribution is 5.74. The van der Waals surface area contributed by atoms with E-state index in [1.54, 1.807) is 0 Å². The second-order valence-corrected chi connectivity index (χ2v) is 3.82. The van der Waals surface area contributed by atoms with Crippen LogP contribution in [0.5, 0.6) is 0 Å². The van der Waals surface area contributed by atoms with Gasteiger partial charge in [0.15, 0.2) is 0 Å². The van der Waals surface area contributed by atoms with Gasteiger partial charge in [-0.1, -0.05) is 24.3 Å². The van der Waals surface area contributed by atoms with Crippen LogP contribution in [-0.4, -0.2) is 5.91 Å². The lowest BCUT2D eigenvalue weighted by Crippen LogP contribution is -2.49. The van der Waals surface area contributed by atoms with Crippen molar-refractivity contribution in [2.24, 2.45) is 0 Å². The largest absolute Gasteiger partial charge is 0.335 e.